The summed E-state index contributed by atoms with van der Waals surface area (Å²) in [5, 5.41) is 19.3. The van der Waals surface area contributed by atoms with Crippen molar-refractivity contribution in [3.63, 3.8) is 0 Å². The van der Waals surface area contributed by atoms with Crippen LogP contribution in [0.5, 0.6) is 0 Å². The van der Waals surface area contributed by atoms with Gasteiger partial charge in [-0.05, 0) is 50.1 Å². The first-order valence-electron chi connectivity index (χ1n) is 8.24. The van der Waals surface area contributed by atoms with E-state index in [1.54, 1.807) is 0 Å². The Morgan fingerprint density at radius 1 is 1.10 bits per heavy atom. The maximum atomic E-state index is 10.3. The van der Waals surface area contributed by atoms with Crippen LogP contribution in [0.25, 0.3) is 0 Å². The van der Waals surface area contributed by atoms with Crippen molar-refractivity contribution in [1.29, 1.82) is 0 Å². The molecule has 4 nitrogen and oxygen atoms in total. The Balaban J connectivity index is 1.83. The fraction of sp³-hybridized carbons (Fsp3) is 1.00. The van der Waals surface area contributed by atoms with Crippen LogP contribution < -0.4 is 0 Å². The molecule has 118 valence electrons. The summed E-state index contributed by atoms with van der Waals surface area (Å²) in [6.45, 7) is 11.1. The van der Waals surface area contributed by atoms with Gasteiger partial charge in [0.15, 0.2) is 0 Å². The van der Waals surface area contributed by atoms with Crippen molar-refractivity contribution in [1.82, 2.24) is 9.80 Å². The summed E-state index contributed by atoms with van der Waals surface area (Å²) in [6, 6.07) is 0. The molecule has 0 bridgehead atoms. The third-order valence-electron chi connectivity index (χ3n) is 5.07. The number of β-amino-alcohol motifs (C(OH)–C–C–N with tert-alkyl or cyclic N) is 1. The summed E-state index contributed by atoms with van der Waals surface area (Å²) < 4.78 is 0. The fourth-order valence-corrected chi connectivity index (χ4v) is 3.81. The lowest BCUT2D eigenvalue weighted by Crippen LogP contribution is -2.42. The molecular weight excluding hydrogens is 252 g/mol. The molecule has 1 saturated carbocycles. The molecule has 1 aliphatic carbocycles. The average Bonchev–Trinajstić information content (AvgIpc) is 2.60. The number of hydrogen-bond donors (Lipinski definition) is 2. The van der Waals surface area contributed by atoms with Gasteiger partial charge in [-0.3, -0.25) is 4.90 Å². The van der Waals surface area contributed by atoms with E-state index in [0.717, 1.165) is 58.5 Å². The topological polar surface area (TPSA) is 46.9 Å². The minimum absolute atomic E-state index is 0.111. The summed E-state index contributed by atoms with van der Waals surface area (Å²) in [4.78, 5) is 4.87. The van der Waals surface area contributed by atoms with Gasteiger partial charge in [-0.25, -0.2) is 0 Å². The van der Waals surface area contributed by atoms with Crippen molar-refractivity contribution in [3.8, 4) is 0 Å². The van der Waals surface area contributed by atoms with E-state index in [-0.39, 0.29) is 12.7 Å². The van der Waals surface area contributed by atoms with E-state index in [2.05, 4.69) is 23.6 Å². The molecule has 1 heterocycles. The first-order chi connectivity index (χ1) is 9.50. The van der Waals surface area contributed by atoms with Crippen LogP contribution in [0.15, 0.2) is 0 Å². The lowest BCUT2D eigenvalue weighted by molar-refractivity contribution is 0.00472. The maximum Gasteiger partial charge on any atom is 0.0581 e. The molecule has 0 aromatic heterocycles. The van der Waals surface area contributed by atoms with Crippen molar-refractivity contribution >= 4 is 0 Å². The van der Waals surface area contributed by atoms with E-state index in [0.29, 0.717) is 11.3 Å². The number of rotatable bonds is 4. The minimum atomic E-state index is -0.111. The van der Waals surface area contributed by atoms with Crippen LogP contribution in [0, 0.1) is 11.3 Å². The molecule has 0 amide bonds. The Hall–Kier alpha value is -0.160. The van der Waals surface area contributed by atoms with Gasteiger partial charge in [0.2, 0.25) is 0 Å². The highest BCUT2D eigenvalue weighted by Crippen LogP contribution is 2.39. The lowest BCUT2D eigenvalue weighted by Gasteiger charge is -2.40. The van der Waals surface area contributed by atoms with Crippen molar-refractivity contribution in [2.75, 3.05) is 45.9 Å². The molecule has 2 aliphatic rings. The third kappa shape index (κ3) is 4.69. The Morgan fingerprint density at radius 3 is 2.55 bits per heavy atom. The van der Waals surface area contributed by atoms with E-state index < -0.39 is 0 Å². The van der Waals surface area contributed by atoms with Gasteiger partial charge in [0, 0.05) is 26.2 Å². The summed E-state index contributed by atoms with van der Waals surface area (Å²) in [7, 11) is 0. The SMILES string of the molecule is CC1(C)CCC(O)C(CN2CCCN(CCO)CC2)C1. The molecule has 2 rings (SSSR count). The molecule has 2 unspecified atom stereocenters. The van der Waals surface area contributed by atoms with Crippen molar-refractivity contribution < 1.29 is 10.2 Å². The van der Waals surface area contributed by atoms with Gasteiger partial charge < -0.3 is 15.1 Å². The number of hydrogen-bond acceptors (Lipinski definition) is 4. The van der Waals surface area contributed by atoms with E-state index >= 15 is 0 Å². The van der Waals surface area contributed by atoms with Crippen molar-refractivity contribution in [3.05, 3.63) is 0 Å². The predicted molar refractivity (Wildman–Crippen MR) is 81.7 cm³/mol. The second kappa shape index (κ2) is 7.21. The highest BCUT2D eigenvalue weighted by atomic mass is 16.3. The molecular formula is C16H32N2O2. The van der Waals surface area contributed by atoms with Crippen LogP contribution in [0.1, 0.15) is 39.5 Å². The molecule has 2 fully saturated rings. The lowest BCUT2D eigenvalue weighted by atomic mass is 9.70. The van der Waals surface area contributed by atoms with Gasteiger partial charge in [-0.1, -0.05) is 13.8 Å². The summed E-state index contributed by atoms with van der Waals surface area (Å²) >= 11 is 0. The van der Waals surface area contributed by atoms with Gasteiger partial charge in [-0.2, -0.15) is 0 Å². The summed E-state index contributed by atoms with van der Waals surface area (Å²) in [5.41, 5.74) is 0.388. The predicted octanol–water partition coefficient (Wildman–Crippen LogP) is 1.17. The van der Waals surface area contributed by atoms with Crippen LogP contribution in [-0.4, -0.2) is 72.0 Å². The maximum absolute atomic E-state index is 10.3. The molecule has 0 spiro atoms. The van der Waals surface area contributed by atoms with E-state index in [4.69, 9.17) is 5.11 Å². The zero-order valence-corrected chi connectivity index (χ0v) is 13.2. The average molecular weight is 284 g/mol. The van der Waals surface area contributed by atoms with Crippen LogP contribution in [-0.2, 0) is 0 Å². The Bertz CT molecular complexity index is 296. The zero-order chi connectivity index (χ0) is 14.6. The van der Waals surface area contributed by atoms with Crippen LogP contribution in [0.3, 0.4) is 0 Å². The molecule has 0 aromatic carbocycles. The van der Waals surface area contributed by atoms with Gasteiger partial charge in [0.25, 0.3) is 0 Å². The molecule has 2 atom stereocenters. The smallest absolute Gasteiger partial charge is 0.0581 e. The number of nitrogens with zero attached hydrogens (tertiary/aromatic N) is 2. The zero-order valence-electron chi connectivity index (χ0n) is 13.2. The van der Waals surface area contributed by atoms with Crippen LogP contribution in [0.4, 0.5) is 0 Å². The Morgan fingerprint density at radius 2 is 1.80 bits per heavy atom. The first-order valence-corrected chi connectivity index (χ1v) is 8.24. The molecule has 1 aliphatic heterocycles. The van der Waals surface area contributed by atoms with Crippen molar-refractivity contribution in [2.24, 2.45) is 11.3 Å². The second-order valence-electron chi connectivity index (χ2n) is 7.45. The quantitative estimate of drug-likeness (QED) is 0.814. The second-order valence-corrected chi connectivity index (χ2v) is 7.45. The number of aliphatic hydroxyl groups excluding tert-OH is 2. The molecule has 20 heavy (non-hydrogen) atoms. The summed E-state index contributed by atoms with van der Waals surface area (Å²) in [6.07, 6.45) is 4.31. The molecule has 0 radical (unpaired) electrons. The van der Waals surface area contributed by atoms with Crippen molar-refractivity contribution in [2.45, 2.75) is 45.6 Å². The molecule has 2 N–H and O–H groups in total. The fourth-order valence-electron chi connectivity index (χ4n) is 3.81. The van der Waals surface area contributed by atoms with Crippen LogP contribution in [0.2, 0.25) is 0 Å². The standard InChI is InChI=1S/C16H32N2O2/c1-16(2)5-4-15(20)14(12-16)13-18-7-3-6-17(8-9-18)10-11-19/h14-15,19-20H,3-13H2,1-2H3. The minimum Gasteiger partial charge on any atom is -0.395 e. The van der Waals surface area contributed by atoms with Crippen LogP contribution >= 0.6 is 0 Å². The molecule has 1 saturated heterocycles. The highest BCUT2D eigenvalue weighted by molar-refractivity contribution is 4.87. The van der Waals surface area contributed by atoms with E-state index in [1.165, 1.54) is 6.42 Å². The van der Waals surface area contributed by atoms with Gasteiger partial charge in [0.05, 0.1) is 12.7 Å². The van der Waals surface area contributed by atoms with Gasteiger partial charge >= 0.3 is 0 Å². The summed E-state index contributed by atoms with van der Waals surface area (Å²) in [5.74, 6) is 0.433. The van der Waals surface area contributed by atoms with Gasteiger partial charge in [0.1, 0.15) is 0 Å². The van der Waals surface area contributed by atoms with Gasteiger partial charge in [-0.15, -0.1) is 0 Å². The molecule has 4 heteroatoms. The third-order valence-corrected chi connectivity index (χ3v) is 5.07. The number of aliphatic hydroxyl groups is 2. The monoisotopic (exact) mass is 284 g/mol. The van der Waals surface area contributed by atoms with E-state index in [9.17, 15) is 5.11 Å². The Kier molecular flexibility index (Phi) is 5.84. The largest absolute Gasteiger partial charge is 0.395 e. The highest BCUT2D eigenvalue weighted by Gasteiger charge is 2.34. The first kappa shape index (κ1) is 16.2. The molecule has 0 aromatic rings. The van der Waals surface area contributed by atoms with E-state index in [1.807, 2.05) is 0 Å². The Labute approximate surface area is 123 Å². The normalized spacial score (nSPS) is 33.0.